The zero-order valence-corrected chi connectivity index (χ0v) is 7.25. The van der Waals surface area contributed by atoms with E-state index in [-0.39, 0.29) is 6.04 Å². The molecule has 0 saturated carbocycles. The Morgan fingerprint density at radius 3 is 2.67 bits per heavy atom. The molecule has 0 saturated heterocycles. The molecule has 1 aromatic carbocycles. The van der Waals surface area contributed by atoms with Crippen LogP contribution in [0.15, 0.2) is 18.2 Å². The third-order valence-corrected chi connectivity index (χ3v) is 2.01. The Bertz CT molecular complexity index is 270. The minimum atomic E-state index is -0.148. The van der Waals surface area contributed by atoms with Crippen LogP contribution in [0.25, 0.3) is 0 Å². The van der Waals surface area contributed by atoms with E-state index in [9.17, 15) is 0 Å². The van der Waals surface area contributed by atoms with Crippen LogP contribution in [0.1, 0.15) is 17.2 Å². The van der Waals surface area contributed by atoms with Crippen LogP contribution < -0.4 is 17.2 Å². The summed E-state index contributed by atoms with van der Waals surface area (Å²) in [5.41, 5.74) is 19.8. The van der Waals surface area contributed by atoms with Gasteiger partial charge in [-0.15, -0.1) is 0 Å². The molecule has 0 radical (unpaired) electrons. The van der Waals surface area contributed by atoms with Crippen LogP contribution in [0.3, 0.4) is 0 Å². The first kappa shape index (κ1) is 9.03. The van der Waals surface area contributed by atoms with Gasteiger partial charge in [0.2, 0.25) is 0 Å². The monoisotopic (exact) mass is 165 g/mol. The van der Waals surface area contributed by atoms with Gasteiger partial charge < -0.3 is 17.2 Å². The molecule has 0 heterocycles. The number of benzene rings is 1. The van der Waals surface area contributed by atoms with Crippen LogP contribution in [0, 0.1) is 6.92 Å². The van der Waals surface area contributed by atoms with E-state index in [4.69, 9.17) is 17.2 Å². The van der Waals surface area contributed by atoms with Crippen molar-refractivity contribution >= 4 is 5.69 Å². The second-order valence-electron chi connectivity index (χ2n) is 2.92. The van der Waals surface area contributed by atoms with Crippen LogP contribution in [0.4, 0.5) is 5.69 Å². The van der Waals surface area contributed by atoms with Crippen molar-refractivity contribution in [3.8, 4) is 0 Å². The zero-order valence-electron chi connectivity index (χ0n) is 7.25. The highest BCUT2D eigenvalue weighted by atomic mass is 14.7. The highest BCUT2D eigenvalue weighted by molar-refractivity contribution is 5.54. The van der Waals surface area contributed by atoms with Gasteiger partial charge in [-0.2, -0.15) is 0 Å². The van der Waals surface area contributed by atoms with Crippen molar-refractivity contribution in [1.82, 2.24) is 0 Å². The van der Waals surface area contributed by atoms with Gasteiger partial charge in [-0.05, 0) is 18.1 Å². The summed E-state index contributed by atoms with van der Waals surface area (Å²) in [5, 5.41) is 0. The molecular formula is C9H15N3. The lowest BCUT2D eigenvalue weighted by molar-refractivity contribution is 0.739. The van der Waals surface area contributed by atoms with E-state index in [1.165, 1.54) is 0 Å². The van der Waals surface area contributed by atoms with Crippen LogP contribution >= 0.6 is 0 Å². The predicted octanol–water partition coefficient (Wildman–Crippen LogP) is 0.536. The fraction of sp³-hybridized carbons (Fsp3) is 0.333. The maximum absolute atomic E-state index is 5.82. The fourth-order valence-corrected chi connectivity index (χ4v) is 1.15. The Kier molecular flexibility index (Phi) is 2.68. The number of anilines is 1. The van der Waals surface area contributed by atoms with Gasteiger partial charge in [0, 0.05) is 18.3 Å². The van der Waals surface area contributed by atoms with Crippen LogP contribution in [-0.2, 0) is 0 Å². The first-order chi connectivity index (χ1) is 5.66. The third kappa shape index (κ3) is 1.57. The molecule has 3 nitrogen and oxygen atoms in total. The van der Waals surface area contributed by atoms with Crippen LogP contribution in [0.2, 0.25) is 0 Å². The van der Waals surface area contributed by atoms with Gasteiger partial charge >= 0.3 is 0 Å². The first-order valence-electron chi connectivity index (χ1n) is 3.97. The van der Waals surface area contributed by atoms with Gasteiger partial charge in [-0.25, -0.2) is 0 Å². The second-order valence-corrected chi connectivity index (χ2v) is 2.92. The summed E-state index contributed by atoms with van der Waals surface area (Å²) in [6, 6.07) is 5.67. The largest absolute Gasteiger partial charge is 0.398 e. The smallest absolute Gasteiger partial charge is 0.0440 e. The quantitative estimate of drug-likeness (QED) is 0.559. The highest BCUT2D eigenvalue weighted by Gasteiger charge is 2.07. The van der Waals surface area contributed by atoms with Gasteiger partial charge in [0.25, 0.3) is 0 Å². The summed E-state index contributed by atoms with van der Waals surface area (Å²) < 4.78 is 0. The first-order valence-corrected chi connectivity index (χ1v) is 3.97. The lowest BCUT2D eigenvalue weighted by Crippen LogP contribution is -2.22. The van der Waals surface area contributed by atoms with E-state index >= 15 is 0 Å². The molecule has 0 fully saturated rings. The predicted molar refractivity (Wildman–Crippen MR) is 51.6 cm³/mol. The Hall–Kier alpha value is -1.06. The van der Waals surface area contributed by atoms with Crippen molar-refractivity contribution in [3.63, 3.8) is 0 Å². The molecule has 1 rings (SSSR count). The Balaban J connectivity index is 3.07. The molecule has 3 heteroatoms. The molecule has 66 valence electrons. The van der Waals surface area contributed by atoms with E-state index < -0.39 is 0 Å². The van der Waals surface area contributed by atoms with Crippen molar-refractivity contribution in [1.29, 1.82) is 0 Å². The average molecular weight is 165 g/mol. The fourth-order valence-electron chi connectivity index (χ4n) is 1.15. The van der Waals surface area contributed by atoms with E-state index in [1.54, 1.807) is 0 Å². The minimum Gasteiger partial charge on any atom is -0.398 e. The van der Waals surface area contributed by atoms with Crippen LogP contribution in [-0.4, -0.2) is 6.54 Å². The van der Waals surface area contributed by atoms with Crippen molar-refractivity contribution in [2.75, 3.05) is 12.3 Å². The minimum absolute atomic E-state index is 0.148. The summed E-state index contributed by atoms with van der Waals surface area (Å²) in [6.45, 7) is 2.38. The lowest BCUT2D eigenvalue weighted by atomic mass is 10.0. The summed E-state index contributed by atoms with van der Waals surface area (Å²) in [4.78, 5) is 0. The molecule has 1 atom stereocenters. The number of nitrogens with two attached hydrogens (primary N) is 3. The maximum atomic E-state index is 5.82. The Morgan fingerprint density at radius 2 is 2.08 bits per heavy atom. The van der Waals surface area contributed by atoms with Crippen molar-refractivity contribution in [2.45, 2.75) is 13.0 Å². The van der Waals surface area contributed by atoms with Gasteiger partial charge in [0.05, 0.1) is 0 Å². The Morgan fingerprint density at radius 1 is 1.42 bits per heavy atom. The topological polar surface area (TPSA) is 78.1 Å². The number of para-hydroxylation sites is 1. The SMILES string of the molecule is Cc1cccc(C(N)CN)c1N. The second kappa shape index (κ2) is 3.56. The normalized spacial score (nSPS) is 12.9. The van der Waals surface area contributed by atoms with E-state index in [0.717, 1.165) is 16.8 Å². The average Bonchev–Trinajstić information content (AvgIpc) is 2.08. The van der Waals surface area contributed by atoms with Crippen molar-refractivity contribution in [2.24, 2.45) is 11.5 Å². The number of hydrogen-bond donors (Lipinski definition) is 3. The molecule has 0 aliphatic rings. The lowest BCUT2D eigenvalue weighted by Gasteiger charge is -2.13. The number of aryl methyl sites for hydroxylation is 1. The van der Waals surface area contributed by atoms with Crippen LogP contribution in [0.5, 0.6) is 0 Å². The molecule has 0 bridgehead atoms. The van der Waals surface area contributed by atoms with Gasteiger partial charge in [-0.3, -0.25) is 0 Å². The molecule has 0 amide bonds. The van der Waals surface area contributed by atoms with E-state index in [1.807, 2.05) is 25.1 Å². The zero-order chi connectivity index (χ0) is 9.14. The van der Waals surface area contributed by atoms with Crippen molar-refractivity contribution in [3.05, 3.63) is 29.3 Å². The molecule has 0 aromatic heterocycles. The molecule has 6 N–H and O–H groups in total. The number of hydrogen-bond acceptors (Lipinski definition) is 3. The van der Waals surface area contributed by atoms with Gasteiger partial charge in [-0.1, -0.05) is 18.2 Å². The van der Waals surface area contributed by atoms with Gasteiger partial charge in [0.1, 0.15) is 0 Å². The molecule has 12 heavy (non-hydrogen) atoms. The summed E-state index contributed by atoms with van der Waals surface area (Å²) in [6.07, 6.45) is 0. The van der Waals surface area contributed by atoms with Crippen molar-refractivity contribution < 1.29 is 0 Å². The van der Waals surface area contributed by atoms with Gasteiger partial charge in [0.15, 0.2) is 0 Å². The molecule has 0 spiro atoms. The maximum Gasteiger partial charge on any atom is 0.0440 e. The Labute approximate surface area is 72.5 Å². The molecule has 0 aliphatic heterocycles. The standard InChI is InChI=1S/C9H15N3/c1-6-3-2-4-7(9(6)12)8(11)5-10/h2-4,8H,5,10-12H2,1H3. The molecule has 1 unspecified atom stereocenters. The molecule has 0 aliphatic carbocycles. The molecular weight excluding hydrogens is 150 g/mol. The highest BCUT2D eigenvalue weighted by Crippen LogP contribution is 2.20. The third-order valence-electron chi connectivity index (χ3n) is 2.01. The number of rotatable bonds is 2. The summed E-state index contributed by atoms with van der Waals surface area (Å²) >= 11 is 0. The van der Waals surface area contributed by atoms with E-state index in [2.05, 4.69) is 0 Å². The van der Waals surface area contributed by atoms with E-state index in [0.29, 0.717) is 6.54 Å². The number of nitrogen functional groups attached to an aromatic ring is 1. The molecule has 1 aromatic rings. The summed E-state index contributed by atoms with van der Waals surface area (Å²) in [7, 11) is 0. The summed E-state index contributed by atoms with van der Waals surface area (Å²) in [5.74, 6) is 0.